The van der Waals surface area contributed by atoms with Crippen molar-refractivity contribution >= 4 is 17.5 Å². The molecule has 2 rings (SSSR count). The number of halogens is 3. The van der Waals surface area contributed by atoms with Crippen LogP contribution in [0.3, 0.4) is 0 Å². The van der Waals surface area contributed by atoms with Crippen LogP contribution >= 0.6 is 11.8 Å². The summed E-state index contributed by atoms with van der Waals surface area (Å²) in [6.07, 6.45) is -2.27. The molecule has 0 saturated carbocycles. The van der Waals surface area contributed by atoms with Gasteiger partial charge in [0.25, 0.3) is 0 Å². The zero-order chi connectivity index (χ0) is 20.5. The summed E-state index contributed by atoms with van der Waals surface area (Å²) in [5, 5.41) is 17.7. The van der Waals surface area contributed by atoms with Crippen molar-refractivity contribution in [2.45, 2.75) is 61.1 Å². The van der Waals surface area contributed by atoms with Gasteiger partial charge in [-0.25, -0.2) is 0 Å². The van der Waals surface area contributed by atoms with E-state index in [0.717, 1.165) is 12.1 Å². The zero-order valence-corrected chi connectivity index (χ0v) is 16.4. The van der Waals surface area contributed by atoms with Crippen LogP contribution in [0.2, 0.25) is 0 Å². The second kappa shape index (κ2) is 7.85. The number of rotatable bonds is 5. The topological polar surface area (TPSA) is 79.3 Å². The lowest BCUT2D eigenvalue weighted by Gasteiger charge is -2.38. The second-order valence-corrected chi connectivity index (χ2v) is 9.17. The molecule has 0 aliphatic carbocycles. The summed E-state index contributed by atoms with van der Waals surface area (Å²) in [5.41, 5.74) is 4.39. The van der Waals surface area contributed by atoms with Crippen LogP contribution in [-0.2, 0) is 10.9 Å². The Morgan fingerprint density at radius 3 is 2.67 bits per heavy atom. The summed E-state index contributed by atoms with van der Waals surface area (Å²) >= 11 is 1.38. The van der Waals surface area contributed by atoms with Gasteiger partial charge in [0.05, 0.1) is 17.4 Å². The Morgan fingerprint density at radius 2 is 2.07 bits per heavy atom. The fourth-order valence-electron chi connectivity index (χ4n) is 2.73. The van der Waals surface area contributed by atoms with Gasteiger partial charge in [-0.2, -0.15) is 13.2 Å². The molecule has 27 heavy (non-hydrogen) atoms. The van der Waals surface area contributed by atoms with E-state index in [1.807, 2.05) is 6.92 Å². The van der Waals surface area contributed by atoms with Gasteiger partial charge in [0, 0.05) is 21.9 Å². The van der Waals surface area contributed by atoms with E-state index in [4.69, 9.17) is 15.9 Å². The van der Waals surface area contributed by atoms with Gasteiger partial charge < -0.3 is 21.0 Å². The summed E-state index contributed by atoms with van der Waals surface area (Å²) in [6, 6.07) is 5.29. The highest BCUT2D eigenvalue weighted by atomic mass is 32.2. The van der Waals surface area contributed by atoms with Gasteiger partial charge in [-0.05, 0) is 57.9 Å². The Kier molecular flexibility index (Phi) is 6.33. The van der Waals surface area contributed by atoms with E-state index >= 15 is 0 Å². The Morgan fingerprint density at radius 1 is 1.41 bits per heavy atom. The number of ether oxygens (including phenoxy) is 1. The lowest BCUT2D eigenvalue weighted by molar-refractivity contribution is -0.137. The Balaban J connectivity index is 2.14. The molecule has 4 nitrogen and oxygen atoms in total. The van der Waals surface area contributed by atoms with Gasteiger partial charge in [-0.15, -0.1) is 11.8 Å². The SMILES string of the molecule is CC1(Sc2cccc(C(F)(F)F)c2)CCOC(/C(N)=C/C(=N)C(C)(C)O)C1. The van der Waals surface area contributed by atoms with Crippen molar-refractivity contribution < 1.29 is 23.0 Å². The highest BCUT2D eigenvalue weighted by Crippen LogP contribution is 2.43. The molecule has 4 N–H and O–H groups in total. The number of thioether (sulfide) groups is 1. The molecule has 0 amide bonds. The average Bonchev–Trinajstić information content (AvgIpc) is 2.53. The third-order valence-corrected chi connectivity index (χ3v) is 5.79. The first-order valence-corrected chi connectivity index (χ1v) is 9.38. The molecule has 0 bridgehead atoms. The van der Waals surface area contributed by atoms with Gasteiger partial charge in [0.1, 0.15) is 5.60 Å². The van der Waals surface area contributed by atoms with Crippen LogP contribution in [0.1, 0.15) is 39.2 Å². The monoisotopic (exact) mass is 402 g/mol. The van der Waals surface area contributed by atoms with Crippen molar-refractivity contribution in [2.24, 2.45) is 5.73 Å². The minimum Gasteiger partial charge on any atom is -0.400 e. The summed E-state index contributed by atoms with van der Waals surface area (Å²) in [7, 11) is 0. The smallest absolute Gasteiger partial charge is 0.400 e. The van der Waals surface area contributed by atoms with E-state index in [2.05, 4.69) is 0 Å². The number of hydrogen-bond donors (Lipinski definition) is 3. The molecular formula is C19H25F3N2O2S. The van der Waals surface area contributed by atoms with Crippen LogP contribution in [-0.4, -0.2) is 33.9 Å². The molecular weight excluding hydrogens is 377 g/mol. The van der Waals surface area contributed by atoms with Gasteiger partial charge >= 0.3 is 6.18 Å². The minimum absolute atomic E-state index is 0.0265. The highest BCUT2D eigenvalue weighted by molar-refractivity contribution is 8.00. The van der Waals surface area contributed by atoms with Gasteiger partial charge in [0.15, 0.2) is 0 Å². The van der Waals surface area contributed by atoms with E-state index < -0.39 is 23.4 Å². The third kappa shape index (κ3) is 5.99. The molecule has 1 heterocycles. The largest absolute Gasteiger partial charge is 0.416 e. The molecule has 1 saturated heterocycles. The van der Waals surface area contributed by atoms with E-state index in [0.29, 0.717) is 30.0 Å². The second-order valence-electron chi connectivity index (χ2n) is 7.51. The molecule has 0 spiro atoms. The first kappa shape index (κ1) is 21.8. The fraction of sp³-hybridized carbons (Fsp3) is 0.526. The van der Waals surface area contributed by atoms with Crippen LogP contribution in [0, 0.1) is 5.41 Å². The average molecular weight is 402 g/mol. The van der Waals surface area contributed by atoms with Gasteiger partial charge in [-0.1, -0.05) is 6.07 Å². The van der Waals surface area contributed by atoms with Crippen molar-refractivity contribution in [1.29, 1.82) is 5.41 Å². The van der Waals surface area contributed by atoms with Crippen molar-refractivity contribution in [2.75, 3.05) is 6.61 Å². The summed E-state index contributed by atoms with van der Waals surface area (Å²) in [5.74, 6) is 0. The first-order chi connectivity index (χ1) is 12.3. The summed E-state index contributed by atoms with van der Waals surface area (Å²) in [4.78, 5) is 0.541. The van der Waals surface area contributed by atoms with Crippen LogP contribution in [0.5, 0.6) is 0 Å². The number of aliphatic hydroxyl groups is 1. The predicted molar refractivity (Wildman–Crippen MR) is 101 cm³/mol. The molecule has 0 aromatic heterocycles. The Labute approximate surface area is 161 Å². The molecule has 2 unspecified atom stereocenters. The molecule has 150 valence electrons. The van der Waals surface area contributed by atoms with Crippen molar-refractivity contribution in [3.8, 4) is 0 Å². The van der Waals surface area contributed by atoms with E-state index in [9.17, 15) is 18.3 Å². The highest BCUT2D eigenvalue weighted by Gasteiger charge is 2.36. The van der Waals surface area contributed by atoms with Crippen molar-refractivity contribution in [3.05, 3.63) is 41.6 Å². The normalized spacial score (nSPS) is 24.7. The Bertz CT molecular complexity index is 728. The minimum atomic E-state index is -4.37. The molecule has 1 aliphatic rings. The Hall–Kier alpha value is -1.51. The van der Waals surface area contributed by atoms with Crippen LogP contribution < -0.4 is 5.73 Å². The first-order valence-electron chi connectivity index (χ1n) is 8.56. The molecule has 8 heteroatoms. The van der Waals surface area contributed by atoms with Crippen molar-refractivity contribution in [3.63, 3.8) is 0 Å². The maximum Gasteiger partial charge on any atom is 0.416 e. The van der Waals surface area contributed by atoms with E-state index in [1.54, 1.807) is 6.07 Å². The molecule has 0 radical (unpaired) electrons. The number of nitrogens with two attached hydrogens (primary N) is 1. The summed E-state index contributed by atoms with van der Waals surface area (Å²) in [6.45, 7) is 5.38. The summed E-state index contributed by atoms with van der Waals surface area (Å²) < 4.78 is 44.1. The fourth-order valence-corrected chi connectivity index (χ4v) is 4.06. The van der Waals surface area contributed by atoms with Crippen LogP contribution in [0.25, 0.3) is 0 Å². The predicted octanol–water partition coefficient (Wildman–Crippen LogP) is 4.37. The van der Waals surface area contributed by atoms with E-state index in [-0.39, 0.29) is 10.5 Å². The van der Waals surface area contributed by atoms with Gasteiger partial charge in [0.2, 0.25) is 0 Å². The maximum atomic E-state index is 12.9. The molecule has 2 atom stereocenters. The molecule has 1 aliphatic heterocycles. The van der Waals surface area contributed by atoms with Crippen molar-refractivity contribution in [1.82, 2.24) is 0 Å². The number of nitrogens with one attached hydrogen (secondary N) is 1. The number of benzene rings is 1. The zero-order valence-electron chi connectivity index (χ0n) is 15.6. The van der Waals surface area contributed by atoms with Crippen LogP contribution in [0.4, 0.5) is 13.2 Å². The maximum absolute atomic E-state index is 12.9. The molecule has 1 aromatic carbocycles. The van der Waals surface area contributed by atoms with Gasteiger partial charge in [-0.3, -0.25) is 0 Å². The van der Waals surface area contributed by atoms with E-state index in [1.165, 1.54) is 37.8 Å². The lowest BCUT2D eigenvalue weighted by Crippen LogP contribution is -2.39. The van der Waals surface area contributed by atoms with Crippen LogP contribution in [0.15, 0.2) is 40.9 Å². The quantitative estimate of drug-likeness (QED) is 0.639. The standard InChI is InChI=1S/C19H25F3N2O2S/c1-17(2,25)16(24)10-14(23)15-11-18(3,7-8-26-15)27-13-6-4-5-12(9-13)19(20,21)22/h4-6,9-10,15,24-25H,7-8,11,23H2,1-3H3/b14-10-,24-16?. The molecule has 1 aromatic rings. The third-order valence-electron chi connectivity index (χ3n) is 4.43. The lowest BCUT2D eigenvalue weighted by atomic mass is 9.93. The molecule has 1 fully saturated rings. The number of alkyl halides is 3. The number of hydrogen-bond acceptors (Lipinski definition) is 5.